The van der Waals surface area contributed by atoms with Crippen molar-refractivity contribution in [3.05, 3.63) is 226 Å². The number of hydrogen-bond donors (Lipinski definition) is 0. The van der Waals surface area contributed by atoms with E-state index in [9.17, 15) is 0 Å². The van der Waals surface area contributed by atoms with Crippen molar-refractivity contribution >= 4 is 95.0 Å². The summed E-state index contributed by atoms with van der Waals surface area (Å²) in [5, 5.41) is 2.82. The molecule has 3 heterocycles. The lowest BCUT2D eigenvalue weighted by Gasteiger charge is -2.52. The minimum Gasteiger partial charge on any atom is -0.311 e. The number of para-hydroxylation sites is 2. The standard InChI is InChI=1S/C82H82BN3S/c1-51-42-55(53-22-16-13-17-23-53)43-52(2)75(51)86-69-49-65-64(79(7,8)36-37-80(65,9)10)48-68(69)83-73-61-47-66-67(82(12)40-38-81(66,11)39-41-82)50-72(61)87-76(73)85(60-32-33-62-63(46-60)78(5,6)35-34-77(62,3)4)70-44-56(45-71(86)74(70)83)54-28-30-59(31-29-54)84(57-24-18-14-19-25-57)58-26-20-15-21-27-58/h13-33,42-50H,34-41H2,1-12H3. The third-order valence-corrected chi connectivity index (χ3v) is 24.1. The van der Waals surface area contributed by atoms with Crippen molar-refractivity contribution in [3.63, 3.8) is 0 Å². The number of aryl methyl sites for hydroxylation is 2. The summed E-state index contributed by atoms with van der Waals surface area (Å²) in [5.41, 5.74) is 31.3. The van der Waals surface area contributed by atoms with Crippen LogP contribution in [0.25, 0.3) is 32.3 Å². The van der Waals surface area contributed by atoms with Crippen LogP contribution >= 0.6 is 11.3 Å². The van der Waals surface area contributed by atoms with Crippen LogP contribution in [0.4, 0.5) is 50.5 Å². The maximum absolute atomic E-state index is 2.78. The van der Waals surface area contributed by atoms with E-state index in [1.165, 1.54) is 148 Å². The van der Waals surface area contributed by atoms with E-state index >= 15 is 0 Å². The first-order valence-corrected chi connectivity index (χ1v) is 33.3. The van der Waals surface area contributed by atoms with E-state index in [-0.39, 0.29) is 39.2 Å². The van der Waals surface area contributed by atoms with Gasteiger partial charge in [-0.3, -0.25) is 0 Å². The van der Waals surface area contributed by atoms with Gasteiger partial charge < -0.3 is 14.7 Å². The van der Waals surface area contributed by atoms with Crippen LogP contribution in [0.1, 0.15) is 165 Å². The molecule has 0 atom stereocenters. The van der Waals surface area contributed by atoms with E-state index < -0.39 is 0 Å². The van der Waals surface area contributed by atoms with Gasteiger partial charge in [-0.05, 0) is 277 Å². The fourth-order valence-electron chi connectivity index (χ4n) is 17.4. The molecule has 9 aromatic carbocycles. The highest BCUT2D eigenvalue weighted by molar-refractivity contribution is 7.26. The summed E-state index contributed by atoms with van der Waals surface area (Å²) >= 11 is 2.06. The zero-order valence-corrected chi connectivity index (χ0v) is 54.1. The molecule has 3 nitrogen and oxygen atoms in total. The second kappa shape index (κ2) is 19.0. The Kier molecular flexibility index (Phi) is 11.9. The van der Waals surface area contributed by atoms with Crippen molar-refractivity contribution in [2.45, 2.75) is 167 Å². The van der Waals surface area contributed by atoms with Gasteiger partial charge in [0.05, 0.1) is 10.7 Å². The number of thiophene rings is 1. The summed E-state index contributed by atoms with van der Waals surface area (Å²) < 4.78 is 1.43. The Morgan fingerprint density at radius 2 is 0.851 bits per heavy atom. The summed E-state index contributed by atoms with van der Waals surface area (Å²) in [4.78, 5) is 7.93. The van der Waals surface area contributed by atoms with Crippen LogP contribution < -0.4 is 31.1 Å². The number of rotatable bonds is 7. The molecule has 5 heteroatoms. The van der Waals surface area contributed by atoms with E-state index in [2.05, 4.69) is 291 Å². The van der Waals surface area contributed by atoms with E-state index in [0.29, 0.717) is 0 Å². The third kappa shape index (κ3) is 8.26. The van der Waals surface area contributed by atoms with Gasteiger partial charge in [0.1, 0.15) is 0 Å². The quantitative estimate of drug-likeness (QED) is 0.147. The second-order valence-electron chi connectivity index (χ2n) is 30.5. The molecule has 0 N–H and O–H groups in total. The minimum atomic E-state index is -0.0199. The molecule has 2 aliphatic heterocycles. The maximum atomic E-state index is 2.78. The number of anilines is 9. The molecule has 0 spiro atoms. The van der Waals surface area contributed by atoms with Crippen molar-refractivity contribution in [1.29, 1.82) is 0 Å². The van der Waals surface area contributed by atoms with Crippen LogP contribution in [0.2, 0.25) is 0 Å². The van der Waals surface area contributed by atoms with Gasteiger partial charge in [-0.15, -0.1) is 11.3 Å². The summed E-state index contributed by atoms with van der Waals surface area (Å²) in [7, 11) is 0. The lowest BCUT2D eigenvalue weighted by atomic mass is 9.33. The van der Waals surface area contributed by atoms with Crippen LogP contribution in [0.5, 0.6) is 0 Å². The fourth-order valence-corrected chi connectivity index (χ4v) is 18.7. The van der Waals surface area contributed by atoms with Crippen molar-refractivity contribution in [2.24, 2.45) is 0 Å². The Morgan fingerprint density at radius 3 is 1.43 bits per heavy atom. The van der Waals surface area contributed by atoms with Gasteiger partial charge in [-0.25, -0.2) is 0 Å². The first-order valence-electron chi connectivity index (χ1n) is 32.5. The first kappa shape index (κ1) is 54.8. The predicted molar refractivity (Wildman–Crippen MR) is 375 cm³/mol. The van der Waals surface area contributed by atoms with Gasteiger partial charge in [-0.2, -0.15) is 0 Å². The highest BCUT2D eigenvalue weighted by Crippen LogP contribution is 2.60. The van der Waals surface area contributed by atoms with E-state index in [4.69, 9.17) is 0 Å². The topological polar surface area (TPSA) is 9.72 Å². The van der Waals surface area contributed by atoms with E-state index in [1.54, 1.807) is 11.1 Å². The molecule has 0 unspecified atom stereocenters. The van der Waals surface area contributed by atoms with Crippen molar-refractivity contribution in [1.82, 2.24) is 0 Å². The van der Waals surface area contributed by atoms with Crippen LogP contribution in [0.3, 0.4) is 0 Å². The molecule has 434 valence electrons. The van der Waals surface area contributed by atoms with Gasteiger partial charge in [0.25, 0.3) is 6.71 Å². The molecule has 5 aliphatic carbocycles. The Bertz CT molecular complexity index is 4400. The SMILES string of the molecule is Cc1cc(-c2ccccc2)cc(C)c1N1c2cc3c(cc2B2c4c(cc(-c5ccc(N(c6ccccc6)c6ccccc6)cc5)cc41)N(c1ccc4c(c1)C(C)(C)CCC4(C)C)c1sc4cc5c(cc4c12)C1(C)CCC5(C)CC1)C(C)(C)CCC3(C)C. The maximum Gasteiger partial charge on any atom is 0.254 e. The molecule has 1 saturated carbocycles. The monoisotopic (exact) mass is 1150 g/mol. The molecule has 87 heavy (non-hydrogen) atoms. The van der Waals surface area contributed by atoms with Crippen LogP contribution in [0.15, 0.2) is 182 Å². The molecule has 1 aromatic heterocycles. The number of benzene rings is 9. The Hall–Kier alpha value is -7.60. The zero-order chi connectivity index (χ0) is 59.9. The van der Waals surface area contributed by atoms with Gasteiger partial charge in [0, 0.05) is 44.5 Å². The molecule has 0 saturated heterocycles. The fraction of sp³-hybridized carbons (Fsp3) is 0.317. The number of nitrogens with zero attached hydrogens (tertiary/aromatic N) is 3. The summed E-state index contributed by atoms with van der Waals surface area (Å²) in [6.07, 6.45) is 9.71. The molecule has 1 fully saturated rings. The predicted octanol–water partition coefficient (Wildman–Crippen LogP) is 21.2. The molecule has 17 rings (SSSR count). The number of hydrogen-bond acceptors (Lipinski definition) is 4. The molecule has 0 radical (unpaired) electrons. The largest absolute Gasteiger partial charge is 0.311 e. The second-order valence-corrected chi connectivity index (χ2v) is 31.5. The van der Waals surface area contributed by atoms with Crippen LogP contribution in [-0.4, -0.2) is 6.71 Å². The van der Waals surface area contributed by atoms with E-state index in [1.807, 2.05) is 0 Å². The highest BCUT2D eigenvalue weighted by Gasteiger charge is 2.52. The molecule has 7 aliphatic rings. The smallest absolute Gasteiger partial charge is 0.254 e. The average molecular weight is 1150 g/mol. The van der Waals surface area contributed by atoms with Crippen molar-refractivity contribution in [3.8, 4) is 22.3 Å². The molecular weight excluding hydrogens is 1070 g/mol. The van der Waals surface area contributed by atoms with Gasteiger partial charge in [0.2, 0.25) is 0 Å². The number of fused-ring (bicyclic) bond motifs is 10. The normalized spacial score (nSPS) is 21.1. The average Bonchev–Trinajstić information content (AvgIpc) is 1.69. The molecule has 2 bridgehead atoms. The Labute approximate surface area is 522 Å². The Morgan fingerprint density at radius 1 is 0.379 bits per heavy atom. The van der Waals surface area contributed by atoms with Gasteiger partial charge >= 0.3 is 0 Å². The van der Waals surface area contributed by atoms with Crippen molar-refractivity contribution < 1.29 is 0 Å². The highest BCUT2D eigenvalue weighted by atomic mass is 32.1. The summed E-state index contributed by atoms with van der Waals surface area (Å²) in [6, 6.07) is 70.8. The van der Waals surface area contributed by atoms with E-state index in [0.717, 1.165) is 36.3 Å². The Balaban J connectivity index is 1.03. The van der Waals surface area contributed by atoms with Crippen LogP contribution in [0, 0.1) is 13.8 Å². The van der Waals surface area contributed by atoms with Crippen LogP contribution in [-0.2, 0) is 32.5 Å². The summed E-state index contributed by atoms with van der Waals surface area (Å²) in [5.74, 6) is 0. The minimum absolute atomic E-state index is 0.00243. The lowest BCUT2D eigenvalue weighted by molar-refractivity contribution is 0.188. The van der Waals surface area contributed by atoms with Gasteiger partial charge in [-0.1, -0.05) is 160 Å². The summed E-state index contributed by atoms with van der Waals surface area (Å²) in [6.45, 7) is 29.9. The molecule has 10 aromatic rings. The third-order valence-electron chi connectivity index (χ3n) is 23.0. The molecular formula is C82H82BN3S. The van der Waals surface area contributed by atoms with Crippen molar-refractivity contribution in [2.75, 3.05) is 14.7 Å². The zero-order valence-electron chi connectivity index (χ0n) is 53.3. The molecule has 0 amide bonds. The van der Waals surface area contributed by atoms with Gasteiger partial charge in [0.15, 0.2) is 0 Å². The lowest BCUT2D eigenvalue weighted by Crippen LogP contribution is -2.61. The first-order chi connectivity index (χ1) is 41.6.